The number of H-pyrrole nitrogens is 1. The molecule has 27 heavy (non-hydrogen) atoms. The number of ether oxygens (including phenoxy) is 1. The summed E-state index contributed by atoms with van der Waals surface area (Å²) in [5.74, 6) is 0.525. The summed E-state index contributed by atoms with van der Waals surface area (Å²) in [5, 5.41) is 11.9. The van der Waals surface area contributed by atoms with E-state index in [1.807, 2.05) is 41.8 Å². The molecule has 1 fully saturated rings. The van der Waals surface area contributed by atoms with Gasteiger partial charge in [0.05, 0.1) is 18.1 Å². The summed E-state index contributed by atoms with van der Waals surface area (Å²) in [6, 6.07) is 11.8. The first kappa shape index (κ1) is 17.9. The van der Waals surface area contributed by atoms with E-state index in [4.69, 9.17) is 17.0 Å². The molecule has 0 bridgehead atoms. The Labute approximate surface area is 165 Å². The zero-order valence-corrected chi connectivity index (χ0v) is 16.2. The van der Waals surface area contributed by atoms with Gasteiger partial charge in [-0.25, -0.2) is 0 Å². The van der Waals surface area contributed by atoms with Gasteiger partial charge in [-0.2, -0.15) is 5.10 Å². The highest BCUT2D eigenvalue weighted by Crippen LogP contribution is 2.23. The molecule has 1 amide bonds. The van der Waals surface area contributed by atoms with Gasteiger partial charge in [0.15, 0.2) is 10.6 Å². The Morgan fingerprint density at radius 3 is 2.74 bits per heavy atom. The molecule has 2 N–H and O–H groups in total. The van der Waals surface area contributed by atoms with Crippen molar-refractivity contribution in [2.45, 2.75) is 6.54 Å². The van der Waals surface area contributed by atoms with Gasteiger partial charge in [-0.05, 0) is 47.9 Å². The molecule has 0 saturated carbocycles. The number of amides is 1. The summed E-state index contributed by atoms with van der Waals surface area (Å²) < 4.78 is 7.51. The Balaban J connectivity index is 1.43. The number of hydrogen-bond acceptors (Lipinski definition) is 6. The van der Waals surface area contributed by atoms with Crippen LogP contribution in [0, 0.1) is 4.77 Å². The predicted molar refractivity (Wildman–Crippen MR) is 109 cm³/mol. The second-order valence-electron chi connectivity index (χ2n) is 6.11. The third kappa shape index (κ3) is 4.10. The maximum Gasteiger partial charge on any atom is 0.244 e. The van der Waals surface area contributed by atoms with Crippen molar-refractivity contribution in [2.24, 2.45) is 0 Å². The zero-order valence-electron chi connectivity index (χ0n) is 14.6. The smallest absolute Gasteiger partial charge is 0.244 e. The Morgan fingerprint density at radius 2 is 2.04 bits per heavy atom. The topological polar surface area (TPSA) is 75.2 Å². The Hall–Kier alpha value is -2.49. The Bertz CT molecular complexity index is 957. The highest BCUT2D eigenvalue weighted by Gasteiger charge is 2.14. The van der Waals surface area contributed by atoms with Gasteiger partial charge in [-0.15, -0.1) is 11.3 Å². The number of morpholine rings is 1. The van der Waals surface area contributed by atoms with E-state index in [2.05, 4.69) is 20.4 Å². The van der Waals surface area contributed by atoms with E-state index >= 15 is 0 Å². The van der Waals surface area contributed by atoms with Gasteiger partial charge in [0.2, 0.25) is 5.91 Å². The third-order valence-corrected chi connectivity index (χ3v) is 5.51. The van der Waals surface area contributed by atoms with E-state index in [-0.39, 0.29) is 12.5 Å². The summed E-state index contributed by atoms with van der Waals surface area (Å²) in [5.41, 5.74) is 1.89. The van der Waals surface area contributed by atoms with Gasteiger partial charge < -0.3 is 15.0 Å². The molecule has 0 spiro atoms. The lowest BCUT2D eigenvalue weighted by Crippen LogP contribution is -2.36. The van der Waals surface area contributed by atoms with Gasteiger partial charge in [0.25, 0.3) is 0 Å². The number of hydrogen-bond donors (Lipinski definition) is 2. The molecule has 1 saturated heterocycles. The lowest BCUT2D eigenvalue weighted by Gasteiger charge is -2.28. The largest absolute Gasteiger partial charge is 0.378 e. The minimum Gasteiger partial charge on any atom is -0.378 e. The average molecular weight is 402 g/mol. The van der Waals surface area contributed by atoms with Crippen molar-refractivity contribution in [3.63, 3.8) is 0 Å². The highest BCUT2D eigenvalue weighted by molar-refractivity contribution is 7.71. The maximum atomic E-state index is 12.5. The standard InChI is InChI=1S/C18H19N5O2S2/c24-16(12-23-17(20-21-18(23)26)15-2-1-11-27-15)19-13-3-5-14(6-4-13)22-7-9-25-10-8-22/h1-6,11H,7-10,12H2,(H,19,24)(H,21,26). The van der Waals surface area contributed by atoms with Crippen molar-refractivity contribution in [3.05, 3.63) is 46.5 Å². The van der Waals surface area contributed by atoms with E-state index in [9.17, 15) is 4.79 Å². The first-order valence-corrected chi connectivity index (χ1v) is 9.91. The van der Waals surface area contributed by atoms with Crippen molar-refractivity contribution >= 4 is 40.8 Å². The average Bonchev–Trinajstić information content (AvgIpc) is 3.34. The molecular formula is C18H19N5O2S2. The van der Waals surface area contributed by atoms with Crippen molar-refractivity contribution < 1.29 is 9.53 Å². The molecule has 1 aliphatic heterocycles. The Kier molecular flexibility index (Phi) is 5.33. The quantitative estimate of drug-likeness (QED) is 0.643. The van der Waals surface area contributed by atoms with Crippen LogP contribution in [0.15, 0.2) is 41.8 Å². The number of nitrogens with zero attached hydrogens (tertiary/aromatic N) is 3. The van der Waals surface area contributed by atoms with Crippen LogP contribution in [0.1, 0.15) is 0 Å². The molecule has 4 rings (SSSR count). The van der Waals surface area contributed by atoms with E-state index in [0.717, 1.165) is 42.6 Å². The van der Waals surface area contributed by atoms with Gasteiger partial charge in [0.1, 0.15) is 6.54 Å². The van der Waals surface area contributed by atoms with Crippen LogP contribution in [0.25, 0.3) is 10.7 Å². The summed E-state index contributed by atoms with van der Waals surface area (Å²) in [4.78, 5) is 15.7. The van der Waals surface area contributed by atoms with Gasteiger partial charge in [0, 0.05) is 24.5 Å². The molecule has 7 nitrogen and oxygen atoms in total. The summed E-state index contributed by atoms with van der Waals surface area (Å²) in [6.45, 7) is 3.37. The summed E-state index contributed by atoms with van der Waals surface area (Å²) in [6.07, 6.45) is 0. The molecule has 1 aromatic carbocycles. The zero-order chi connectivity index (χ0) is 18.6. The Morgan fingerprint density at radius 1 is 1.26 bits per heavy atom. The van der Waals surface area contributed by atoms with Crippen LogP contribution >= 0.6 is 23.6 Å². The summed E-state index contributed by atoms with van der Waals surface area (Å²) in [7, 11) is 0. The minimum atomic E-state index is -0.149. The number of nitrogens with one attached hydrogen (secondary N) is 2. The van der Waals surface area contributed by atoms with E-state index in [0.29, 0.717) is 10.6 Å². The number of thiophene rings is 1. The van der Waals surface area contributed by atoms with Crippen LogP contribution in [-0.4, -0.2) is 47.0 Å². The molecule has 0 aliphatic carbocycles. The van der Waals surface area contributed by atoms with Crippen LogP contribution < -0.4 is 10.2 Å². The molecule has 3 aromatic rings. The first-order valence-electron chi connectivity index (χ1n) is 8.62. The van der Waals surface area contributed by atoms with Crippen LogP contribution in [-0.2, 0) is 16.1 Å². The molecule has 140 valence electrons. The number of aromatic nitrogens is 3. The van der Waals surface area contributed by atoms with E-state index < -0.39 is 0 Å². The predicted octanol–water partition coefficient (Wildman–Crippen LogP) is 3.14. The number of aromatic amines is 1. The number of benzene rings is 1. The summed E-state index contributed by atoms with van der Waals surface area (Å²) >= 11 is 6.83. The van der Waals surface area contributed by atoms with Crippen LogP contribution in [0.2, 0.25) is 0 Å². The SMILES string of the molecule is O=C(Cn1c(-c2cccs2)n[nH]c1=S)Nc1ccc(N2CCOCC2)cc1. The number of rotatable bonds is 5. The first-order chi connectivity index (χ1) is 13.2. The fourth-order valence-electron chi connectivity index (χ4n) is 2.98. The second kappa shape index (κ2) is 8.03. The fraction of sp³-hybridized carbons (Fsp3) is 0.278. The van der Waals surface area contributed by atoms with Crippen LogP contribution in [0.3, 0.4) is 0 Å². The third-order valence-electron chi connectivity index (χ3n) is 4.33. The van der Waals surface area contributed by atoms with Crippen LogP contribution in [0.4, 0.5) is 11.4 Å². The van der Waals surface area contributed by atoms with Crippen molar-refractivity contribution in [2.75, 3.05) is 36.5 Å². The normalized spacial score (nSPS) is 14.3. The second-order valence-corrected chi connectivity index (χ2v) is 7.44. The molecule has 1 aliphatic rings. The molecular weight excluding hydrogens is 382 g/mol. The van der Waals surface area contributed by atoms with Crippen LogP contribution in [0.5, 0.6) is 0 Å². The minimum absolute atomic E-state index is 0.105. The number of carbonyl (C=O) groups is 1. The molecule has 9 heteroatoms. The lowest BCUT2D eigenvalue weighted by atomic mass is 10.2. The number of anilines is 2. The van der Waals surface area contributed by atoms with Gasteiger partial charge >= 0.3 is 0 Å². The maximum absolute atomic E-state index is 12.5. The highest BCUT2D eigenvalue weighted by atomic mass is 32.1. The monoisotopic (exact) mass is 401 g/mol. The van der Waals surface area contributed by atoms with Crippen molar-refractivity contribution in [3.8, 4) is 10.7 Å². The number of carbonyl (C=O) groups excluding carboxylic acids is 1. The molecule has 3 heterocycles. The molecule has 0 radical (unpaired) electrons. The molecule has 2 aromatic heterocycles. The van der Waals surface area contributed by atoms with Gasteiger partial charge in [-0.1, -0.05) is 6.07 Å². The lowest BCUT2D eigenvalue weighted by molar-refractivity contribution is -0.116. The fourth-order valence-corrected chi connectivity index (χ4v) is 3.90. The van der Waals surface area contributed by atoms with Gasteiger partial charge in [-0.3, -0.25) is 14.5 Å². The van der Waals surface area contributed by atoms with Crippen molar-refractivity contribution in [1.82, 2.24) is 14.8 Å². The molecule has 0 atom stereocenters. The van der Waals surface area contributed by atoms with Crippen molar-refractivity contribution in [1.29, 1.82) is 0 Å². The molecule has 0 unspecified atom stereocenters. The van der Waals surface area contributed by atoms with E-state index in [1.54, 1.807) is 15.9 Å². The van der Waals surface area contributed by atoms with E-state index in [1.165, 1.54) is 0 Å².